The van der Waals surface area contributed by atoms with Gasteiger partial charge < -0.3 is 9.47 Å². The Labute approximate surface area is 237 Å². The van der Waals surface area contributed by atoms with Crippen molar-refractivity contribution in [3.63, 3.8) is 0 Å². The predicted octanol–water partition coefficient (Wildman–Crippen LogP) is 10.0. The Hall–Kier alpha value is -4.60. The molecule has 1 aliphatic carbocycles. The highest BCUT2D eigenvalue weighted by molar-refractivity contribution is 7.25. The molecule has 0 saturated carbocycles. The summed E-state index contributed by atoms with van der Waals surface area (Å²) < 4.78 is 5.21. The highest BCUT2D eigenvalue weighted by Crippen LogP contribution is 2.56. The maximum atomic E-state index is 2.56. The monoisotopic (exact) mass is 530 g/mol. The molecular weight excluding hydrogens is 504 g/mol. The fraction of sp³-hybridized carbons (Fsp3) is 0.0811. The van der Waals surface area contributed by atoms with E-state index in [4.69, 9.17) is 0 Å². The molecule has 190 valence electrons. The molecule has 5 aromatic carbocycles. The minimum Gasteiger partial charge on any atom is -0.331 e. The molecule has 2 aliphatic rings. The van der Waals surface area contributed by atoms with Gasteiger partial charge in [0.1, 0.15) is 0 Å². The highest BCUT2D eigenvalue weighted by atomic mass is 32.1. The van der Waals surface area contributed by atoms with Gasteiger partial charge in [-0.2, -0.15) is 0 Å². The molecule has 1 unspecified atom stereocenters. The van der Waals surface area contributed by atoms with Crippen LogP contribution in [0.15, 0.2) is 121 Å². The van der Waals surface area contributed by atoms with Crippen LogP contribution in [0, 0.1) is 0 Å². The van der Waals surface area contributed by atoms with E-state index in [0.29, 0.717) is 0 Å². The van der Waals surface area contributed by atoms with E-state index in [9.17, 15) is 0 Å². The highest BCUT2D eigenvalue weighted by Gasteiger charge is 2.48. The quantitative estimate of drug-likeness (QED) is 0.216. The maximum absolute atomic E-state index is 2.56. The number of hydrogen-bond donors (Lipinski definition) is 0. The number of anilines is 2. The number of rotatable bonds is 2. The molecule has 2 nitrogen and oxygen atoms in total. The van der Waals surface area contributed by atoms with Crippen molar-refractivity contribution < 1.29 is 0 Å². The van der Waals surface area contributed by atoms with E-state index >= 15 is 0 Å². The number of nitrogens with zero attached hydrogens (tertiary/aromatic N) is 2. The van der Waals surface area contributed by atoms with Crippen LogP contribution in [0.4, 0.5) is 11.4 Å². The van der Waals surface area contributed by atoms with Crippen LogP contribution in [0.3, 0.4) is 0 Å². The molecular formula is C37H26N2S. The molecule has 0 fully saturated rings. The Kier molecular flexibility index (Phi) is 4.43. The lowest BCUT2D eigenvalue weighted by atomic mass is 9.79. The first kappa shape index (κ1) is 22.2. The summed E-state index contributed by atoms with van der Waals surface area (Å²) >= 11 is 1.88. The average molecular weight is 531 g/mol. The summed E-state index contributed by atoms with van der Waals surface area (Å²) in [6.07, 6.45) is 3.40. The Bertz CT molecular complexity index is 2160. The lowest BCUT2D eigenvalue weighted by molar-refractivity contribution is 0.581. The molecule has 0 bridgehead atoms. The third kappa shape index (κ3) is 2.88. The zero-order valence-corrected chi connectivity index (χ0v) is 23.0. The Balaban J connectivity index is 1.33. The van der Waals surface area contributed by atoms with Crippen LogP contribution in [0.2, 0.25) is 0 Å². The van der Waals surface area contributed by atoms with Crippen molar-refractivity contribution in [2.45, 2.75) is 18.9 Å². The van der Waals surface area contributed by atoms with Crippen molar-refractivity contribution in [2.75, 3.05) is 4.90 Å². The molecule has 0 amide bonds. The second kappa shape index (κ2) is 7.97. The van der Waals surface area contributed by atoms with Crippen LogP contribution in [0.1, 0.15) is 23.7 Å². The van der Waals surface area contributed by atoms with Gasteiger partial charge in [0.15, 0.2) is 0 Å². The van der Waals surface area contributed by atoms with E-state index in [0.717, 1.165) is 6.42 Å². The number of para-hydroxylation sites is 3. The van der Waals surface area contributed by atoms with Gasteiger partial charge in [0.05, 0.1) is 11.1 Å². The summed E-state index contributed by atoms with van der Waals surface area (Å²) in [4.78, 5) is 2.56. The van der Waals surface area contributed by atoms with E-state index in [1.807, 2.05) is 11.3 Å². The van der Waals surface area contributed by atoms with Crippen molar-refractivity contribution in [3.05, 3.63) is 138 Å². The van der Waals surface area contributed by atoms with E-state index in [1.165, 1.54) is 70.5 Å². The first-order valence-electron chi connectivity index (χ1n) is 13.9. The lowest BCUT2D eigenvalue weighted by Gasteiger charge is -2.40. The van der Waals surface area contributed by atoms with E-state index in [2.05, 4.69) is 144 Å². The van der Waals surface area contributed by atoms with Crippen molar-refractivity contribution in [3.8, 4) is 5.69 Å². The fourth-order valence-electron chi connectivity index (χ4n) is 7.25. The molecule has 1 atom stereocenters. The molecule has 0 radical (unpaired) electrons. The van der Waals surface area contributed by atoms with Crippen LogP contribution in [0.25, 0.3) is 48.4 Å². The van der Waals surface area contributed by atoms with Gasteiger partial charge in [0, 0.05) is 65.9 Å². The first-order valence-corrected chi connectivity index (χ1v) is 14.7. The standard InChI is InChI=1S/C37H26N2S/c1-37-23-34-29(22-31(37)28-15-6-9-17-33(28)39(37)24-11-3-2-4-12-24)26-13-5-8-16-32(26)38(34)25-19-20-36-30(21-25)27-14-7-10-18-35(27)40-36/h2-22H,23H2,1H3. The molecule has 7 aromatic rings. The topological polar surface area (TPSA) is 8.17 Å². The Morgan fingerprint density at radius 3 is 2.27 bits per heavy atom. The van der Waals surface area contributed by atoms with Gasteiger partial charge in [-0.1, -0.05) is 72.8 Å². The number of hydrogen-bond acceptors (Lipinski definition) is 2. The zero-order valence-electron chi connectivity index (χ0n) is 22.1. The Morgan fingerprint density at radius 1 is 0.650 bits per heavy atom. The average Bonchev–Trinajstić information content (AvgIpc) is 3.60. The molecule has 3 heterocycles. The van der Waals surface area contributed by atoms with Crippen molar-refractivity contribution in [1.82, 2.24) is 4.57 Å². The second-order valence-electron chi connectivity index (χ2n) is 11.2. The summed E-state index contributed by atoms with van der Waals surface area (Å²) in [5.74, 6) is 0. The molecule has 0 saturated heterocycles. The van der Waals surface area contributed by atoms with E-state index in [1.54, 1.807) is 0 Å². The summed E-state index contributed by atoms with van der Waals surface area (Å²) in [5, 5.41) is 3.99. The van der Waals surface area contributed by atoms with Gasteiger partial charge in [-0.25, -0.2) is 0 Å². The van der Waals surface area contributed by atoms with Crippen LogP contribution >= 0.6 is 11.3 Å². The van der Waals surface area contributed by atoms with Crippen LogP contribution in [0.5, 0.6) is 0 Å². The number of thiophene rings is 1. The number of fused-ring (bicyclic) bond motifs is 9. The molecule has 3 heteroatoms. The molecule has 0 spiro atoms. The normalized spacial score (nSPS) is 17.7. The van der Waals surface area contributed by atoms with Crippen LogP contribution in [-0.4, -0.2) is 10.1 Å². The Morgan fingerprint density at radius 2 is 1.38 bits per heavy atom. The predicted molar refractivity (Wildman–Crippen MR) is 171 cm³/mol. The van der Waals surface area contributed by atoms with E-state index < -0.39 is 0 Å². The first-order chi connectivity index (χ1) is 19.7. The van der Waals surface area contributed by atoms with Gasteiger partial charge in [0.25, 0.3) is 0 Å². The molecule has 9 rings (SSSR count). The van der Waals surface area contributed by atoms with Crippen molar-refractivity contribution in [2.24, 2.45) is 0 Å². The zero-order chi connectivity index (χ0) is 26.4. The molecule has 1 aliphatic heterocycles. The summed E-state index contributed by atoms with van der Waals surface area (Å²) in [6, 6.07) is 44.5. The molecule has 0 N–H and O–H groups in total. The van der Waals surface area contributed by atoms with E-state index in [-0.39, 0.29) is 5.54 Å². The third-order valence-electron chi connectivity index (χ3n) is 8.96. The summed E-state index contributed by atoms with van der Waals surface area (Å²) in [5.41, 5.74) is 10.3. The summed E-state index contributed by atoms with van der Waals surface area (Å²) in [7, 11) is 0. The smallest absolute Gasteiger partial charge is 0.0736 e. The number of aromatic nitrogens is 1. The summed E-state index contributed by atoms with van der Waals surface area (Å²) in [6.45, 7) is 2.42. The minimum atomic E-state index is -0.205. The van der Waals surface area contributed by atoms with Gasteiger partial charge in [-0.3, -0.25) is 0 Å². The largest absolute Gasteiger partial charge is 0.331 e. The molecule has 2 aromatic heterocycles. The van der Waals surface area contributed by atoms with Gasteiger partial charge >= 0.3 is 0 Å². The molecule has 40 heavy (non-hydrogen) atoms. The van der Waals surface area contributed by atoms with Crippen molar-refractivity contribution >= 4 is 65.4 Å². The van der Waals surface area contributed by atoms with Gasteiger partial charge in [0.2, 0.25) is 0 Å². The maximum Gasteiger partial charge on any atom is 0.0736 e. The SMILES string of the molecule is CC12Cc3c(c4ccccc4n3-c3ccc4sc5ccccc5c4c3)C=C1c1ccccc1N2c1ccccc1. The number of benzene rings is 5. The minimum absolute atomic E-state index is 0.205. The lowest BCUT2D eigenvalue weighted by Crippen LogP contribution is -2.44. The second-order valence-corrected chi connectivity index (χ2v) is 12.3. The van der Waals surface area contributed by atoms with Gasteiger partial charge in [-0.15, -0.1) is 11.3 Å². The van der Waals surface area contributed by atoms with Crippen LogP contribution in [-0.2, 0) is 6.42 Å². The fourth-order valence-corrected chi connectivity index (χ4v) is 8.34. The van der Waals surface area contributed by atoms with Gasteiger partial charge in [-0.05, 0) is 67.1 Å². The third-order valence-corrected chi connectivity index (χ3v) is 10.1. The van der Waals surface area contributed by atoms with Crippen molar-refractivity contribution in [1.29, 1.82) is 0 Å². The van der Waals surface area contributed by atoms with Crippen LogP contribution < -0.4 is 4.90 Å².